The fourth-order valence-corrected chi connectivity index (χ4v) is 3.71. The topological polar surface area (TPSA) is 23.8 Å². The molecule has 2 fully saturated rings. The van der Waals surface area contributed by atoms with Crippen molar-refractivity contribution >= 4 is 0 Å². The molecule has 0 atom stereocenters. The molecular formula is C15H24FN. The lowest BCUT2D eigenvalue weighted by molar-refractivity contribution is 0.00160. The summed E-state index contributed by atoms with van der Waals surface area (Å²) in [6.07, 6.45) is 8.61. The molecule has 0 aliphatic heterocycles. The molecule has 2 aliphatic carbocycles. The molecule has 2 heteroatoms. The molecule has 17 heavy (non-hydrogen) atoms. The van der Waals surface area contributed by atoms with Gasteiger partial charge in [0.1, 0.15) is 5.67 Å². The second kappa shape index (κ2) is 5.38. The van der Waals surface area contributed by atoms with Gasteiger partial charge >= 0.3 is 0 Å². The van der Waals surface area contributed by atoms with Gasteiger partial charge in [-0.25, -0.2) is 4.39 Å². The van der Waals surface area contributed by atoms with Crippen LogP contribution in [0, 0.1) is 29.1 Å². The summed E-state index contributed by atoms with van der Waals surface area (Å²) in [4.78, 5) is 0. The SMILES string of the molecule is CC[C@H]1CC[C@](F)(C2CCC(C#N)CC2)CC1. The first-order valence-corrected chi connectivity index (χ1v) is 7.26. The van der Waals surface area contributed by atoms with E-state index in [1.165, 1.54) is 6.42 Å². The lowest BCUT2D eigenvalue weighted by atomic mass is 9.67. The van der Waals surface area contributed by atoms with Crippen LogP contribution < -0.4 is 0 Å². The highest BCUT2D eigenvalue weighted by Crippen LogP contribution is 2.47. The summed E-state index contributed by atoms with van der Waals surface area (Å²) < 4.78 is 14.9. The molecule has 96 valence electrons. The van der Waals surface area contributed by atoms with Gasteiger partial charge in [-0.3, -0.25) is 0 Å². The van der Waals surface area contributed by atoms with E-state index in [-0.39, 0.29) is 11.8 Å². The Morgan fingerprint density at radius 1 is 1.12 bits per heavy atom. The van der Waals surface area contributed by atoms with Gasteiger partial charge in [0.15, 0.2) is 0 Å². The number of alkyl halides is 1. The smallest absolute Gasteiger partial charge is 0.113 e. The van der Waals surface area contributed by atoms with E-state index in [4.69, 9.17) is 5.26 Å². The van der Waals surface area contributed by atoms with Gasteiger partial charge in [0.2, 0.25) is 0 Å². The summed E-state index contributed by atoms with van der Waals surface area (Å²) in [5.74, 6) is 1.20. The van der Waals surface area contributed by atoms with Crippen LogP contribution in [0.3, 0.4) is 0 Å². The van der Waals surface area contributed by atoms with E-state index in [1.54, 1.807) is 0 Å². The van der Waals surface area contributed by atoms with Crippen LogP contribution in [-0.2, 0) is 0 Å². The molecule has 2 rings (SSSR count). The highest BCUT2D eigenvalue weighted by Gasteiger charge is 2.43. The molecule has 2 saturated carbocycles. The summed E-state index contributed by atoms with van der Waals surface area (Å²) in [5.41, 5.74) is -0.897. The molecule has 2 aliphatic rings. The molecule has 0 spiro atoms. The van der Waals surface area contributed by atoms with Gasteiger partial charge in [-0.2, -0.15) is 5.26 Å². The van der Waals surface area contributed by atoms with E-state index < -0.39 is 5.67 Å². The predicted octanol–water partition coefficient (Wildman–Crippen LogP) is 4.62. The third kappa shape index (κ3) is 2.81. The molecule has 0 aromatic rings. The molecule has 0 radical (unpaired) electrons. The van der Waals surface area contributed by atoms with Gasteiger partial charge in [-0.05, 0) is 63.2 Å². The van der Waals surface area contributed by atoms with Crippen LogP contribution in [0.2, 0.25) is 0 Å². The van der Waals surface area contributed by atoms with Crippen LogP contribution in [0.4, 0.5) is 4.39 Å². The summed E-state index contributed by atoms with van der Waals surface area (Å²) in [6.45, 7) is 2.22. The van der Waals surface area contributed by atoms with E-state index >= 15 is 0 Å². The molecule has 0 saturated heterocycles. The lowest BCUT2D eigenvalue weighted by Gasteiger charge is -2.41. The van der Waals surface area contributed by atoms with Crippen LogP contribution in [-0.4, -0.2) is 5.67 Å². The van der Waals surface area contributed by atoms with Crippen molar-refractivity contribution in [2.75, 3.05) is 0 Å². The predicted molar refractivity (Wildman–Crippen MR) is 67.1 cm³/mol. The quantitative estimate of drug-likeness (QED) is 0.687. The number of nitriles is 1. The molecule has 0 heterocycles. The molecule has 0 aromatic carbocycles. The summed E-state index contributed by atoms with van der Waals surface area (Å²) in [6, 6.07) is 2.33. The fourth-order valence-electron chi connectivity index (χ4n) is 3.71. The average Bonchev–Trinajstić information content (AvgIpc) is 2.40. The Kier molecular flexibility index (Phi) is 4.07. The minimum Gasteiger partial charge on any atom is -0.244 e. The third-order valence-electron chi connectivity index (χ3n) is 5.16. The Morgan fingerprint density at radius 2 is 1.71 bits per heavy atom. The largest absolute Gasteiger partial charge is 0.244 e. The van der Waals surface area contributed by atoms with Crippen molar-refractivity contribution in [2.45, 2.75) is 70.4 Å². The van der Waals surface area contributed by atoms with Gasteiger partial charge in [-0.15, -0.1) is 0 Å². The van der Waals surface area contributed by atoms with Crippen molar-refractivity contribution in [3.63, 3.8) is 0 Å². The maximum absolute atomic E-state index is 14.9. The number of rotatable bonds is 2. The zero-order valence-electron chi connectivity index (χ0n) is 10.9. The van der Waals surface area contributed by atoms with Gasteiger partial charge in [0.05, 0.1) is 6.07 Å². The Bertz CT molecular complexity index is 278. The van der Waals surface area contributed by atoms with E-state index in [9.17, 15) is 4.39 Å². The number of hydrogen-bond acceptors (Lipinski definition) is 1. The van der Waals surface area contributed by atoms with Crippen LogP contribution in [0.1, 0.15) is 64.7 Å². The Morgan fingerprint density at radius 3 is 2.18 bits per heavy atom. The van der Waals surface area contributed by atoms with Gasteiger partial charge in [0, 0.05) is 5.92 Å². The van der Waals surface area contributed by atoms with Crippen molar-refractivity contribution in [3.8, 4) is 6.07 Å². The zero-order chi connectivity index (χ0) is 12.3. The Labute approximate surface area is 104 Å². The Hall–Kier alpha value is -0.580. The average molecular weight is 237 g/mol. The Balaban J connectivity index is 1.88. The molecule has 0 amide bonds. The maximum atomic E-state index is 14.9. The first-order chi connectivity index (χ1) is 8.18. The van der Waals surface area contributed by atoms with Crippen LogP contribution >= 0.6 is 0 Å². The fraction of sp³-hybridized carbons (Fsp3) is 0.933. The summed E-state index contributed by atoms with van der Waals surface area (Å²) >= 11 is 0. The number of halogens is 1. The maximum Gasteiger partial charge on any atom is 0.113 e. The van der Waals surface area contributed by atoms with Gasteiger partial charge in [-0.1, -0.05) is 13.3 Å². The van der Waals surface area contributed by atoms with E-state index in [0.717, 1.165) is 57.3 Å². The highest BCUT2D eigenvalue weighted by molar-refractivity contribution is 4.96. The van der Waals surface area contributed by atoms with Crippen molar-refractivity contribution in [1.82, 2.24) is 0 Å². The molecule has 0 unspecified atom stereocenters. The van der Waals surface area contributed by atoms with Crippen LogP contribution in [0.5, 0.6) is 0 Å². The second-order valence-electron chi connectivity index (χ2n) is 6.06. The van der Waals surface area contributed by atoms with E-state index in [0.29, 0.717) is 0 Å². The monoisotopic (exact) mass is 237 g/mol. The van der Waals surface area contributed by atoms with Crippen molar-refractivity contribution in [2.24, 2.45) is 17.8 Å². The zero-order valence-corrected chi connectivity index (χ0v) is 10.9. The normalized spacial score (nSPS) is 43.0. The van der Waals surface area contributed by atoms with Gasteiger partial charge in [0.25, 0.3) is 0 Å². The van der Waals surface area contributed by atoms with Crippen molar-refractivity contribution in [3.05, 3.63) is 0 Å². The highest BCUT2D eigenvalue weighted by atomic mass is 19.1. The standard InChI is InChI=1S/C15H24FN/c1-2-12-7-9-15(16,10-8-12)14-5-3-13(11-17)4-6-14/h12-14H,2-10H2,1H3/t12-,13?,14?,15+. The van der Waals surface area contributed by atoms with E-state index in [2.05, 4.69) is 13.0 Å². The van der Waals surface area contributed by atoms with Crippen LogP contribution in [0.25, 0.3) is 0 Å². The minimum absolute atomic E-state index is 0.196. The number of nitrogens with zero attached hydrogens (tertiary/aromatic N) is 1. The molecular weight excluding hydrogens is 213 g/mol. The minimum atomic E-state index is -0.897. The summed E-state index contributed by atoms with van der Waals surface area (Å²) in [5, 5.41) is 8.87. The molecule has 0 bridgehead atoms. The third-order valence-corrected chi connectivity index (χ3v) is 5.16. The second-order valence-corrected chi connectivity index (χ2v) is 6.06. The molecule has 1 nitrogen and oxygen atoms in total. The van der Waals surface area contributed by atoms with Crippen LogP contribution in [0.15, 0.2) is 0 Å². The van der Waals surface area contributed by atoms with Crippen molar-refractivity contribution < 1.29 is 4.39 Å². The molecule has 0 aromatic heterocycles. The number of hydrogen-bond donors (Lipinski definition) is 0. The first-order valence-electron chi connectivity index (χ1n) is 7.26. The van der Waals surface area contributed by atoms with Crippen molar-refractivity contribution in [1.29, 1.82) is 5.26 Å². The lowest BCUT2D eigenvalue weighted by Crippen LogP contribution is -2.39. The van der Waals surface area contributed by atoms with E-state index in [1.807, 2.05) is 0 Å². The first kappa shape index (κ1) is 12.9. The summed E-state index contributed by atoms with van der Waals surface area (Å²) in [7, 11) is 0. The van der Waals surface area contributed by atoms with Gasteiger partial charge < -0.3 is 0 Å². The molecule has 0 N–H and O–H groups in total.